The van der Waals surface area contributed by atoms with Crippen LogP contribution in [0, 0.1) is 6.92 Å². The molecule has 2 atom stereocenters. The number of benzene rings is 2. The molecule has 2 fully saturated rings. The van der Waals surface area contributed by atoms with Crippen molar-refractivity contribution < 1.29 is 13.2 Å². The lowest BCUT2D eigenvalue weighted by Crippen LogP contribution is -2.37. The Hall–Kier alpha value is -2.34. The molecule has 0 N–H and O–H groups in total. The highest BCUT2D eigenvalue weighted by atomic mass is 32.2. The summed E-state index contributed by atoms with van der Waals surface area (Å²) in [6.07, 6.45) is 0. The first-order valence-corrected chi connectivity index (χ1v) is 9.73. The van der Waals surface area contributed by atoms with Crippen molar-refractivity contribution in [3.8, 4) is 0 Å². The Morgan fingerprint density at radius 1 is 0.833 bits per heavy atom. The number of urea groups is 1. The first-order valence-electron chi connectivity index (χ1n) is 7.91. The van der Waals surface area contributed by atoms with E-state index in [1.54, 1.807) is 9.80 Å². The molecule has 24 heavy (non-hydrogen) atoms. The Morgan fingerprint density at radius 3 is 1.88 bits per heavy atom. The zero-order chi connectivity index (χ0) is 16.9. The fourth-order valence-electron chi connectivity index (χ4n) is 3.60. The lowest BCUT2D eigenvalue weighted by molar-refractivity contribution is 0.255. The van der Waals surface area contributed by atoms with Crippen molar-refractivity contribution in [1.29, 1.82) is 0 Å². The predicted molar refractivity (Wildman–Crippen MR) is 94.2 cm³/mol. The molecule has 2 aliphatic rings. The maximum atomic E-state index is 13.1. The first kappa shape index (κ1) is 15.2. The van der Waals surface area contributed by atoms with Crippen molar-refractivity contribution in [2.75, 3.05) is 21.3 Å². The number of sulfone groups is 1. The number of aryl methyl sites for hydroxylation is 1. The molecule has 2 aromatic carbocycles. The Balaban J connectivity index is 1.80. The lowest BCUT2D eigenvalue weighted by Gasteiger charge is -2.22. The SMILES string of the molecule is Cc1ccc(N2C(=O)N(c3ccccc3)[C@@H]3CS(=O)(=O)C[C@H]32)cc1. The van der Waals surface area contributed by atoms with Gasteiger partial charge in [-0.3, -0.25) is 9.80 Å². The van der Waals surface area contributed by atoms with Crippen LogP contribution in [-0.4, -0.2) is 38.0 Å². The highest BCUT2D eigenvalue weighted by molar-refractivity contribution is 7.91. The van der Waals surface area contributed by atoms with E-state index in [0.717, 1.165) is 16.9 Å². The number of carbonyl (C=O) groups is 1. The smallest absolute Gasteiger partial charge is 0.288 e. The molecule has 0 aromatic heterocycles. The molecule has 0 saturated carbocycles. The van der Waals surface area contributed by atoms with E-state index in [2.05, 4.69) is 0 Å². The van der Waals surface area contributed by atoms with E-state index >= 15 is 0 Å². The van der Waals surface area contributed by atoms with Gasteiger partial charge in [-0.25, -0.2) is 13.2 Å². The minimum absolute atomic E-state index is 0.0145. The van der Waals surface area contributed by atoms with E-state index in [9.17, 15) is 13.2 Å². The molecule has 0 bridgehead atoms. The summed E-state index contributed by atoms with van der Waals surface area (Å²) in [7, 11) is -3.15. The molecular weight excluding hydrogens is 324 g/mol. The third-order valence-corrected chi connectivity index (χ3v) is 6.41. The summed E-state index contributed by atoms with van der Waals surface area (Å²) >= 11 is 0. The number of nitrogens with zero attached hydrogens (tertiary/aromatic N) is 2. The second-order valence-electron chi connectivity index (χ2n) is 6.41. The molecule has 2 aromatic rings. The van der Waals surface area contributed by atoms with Crippen molar-refractivity contribution >= 4 is 27.2 Å². The number of para-hydroxylation sites is 1. The standard InChI is InChI=1S/C18H18N2O3S/c1-13-7-9-15(10-8-13)20-17-12-24(22,23)11-16(17)19(18(20)21)14-5-3-2-4-6-14/h2-10,16-17H,11-12H2,1H3/t16-,17-/m1/s1. The normalized spacial score (nSPS) is 25.1. The third kappa shape index (κ3) is 2.38. The van der Waals surface area contributed by atoms with Crippen LogP contribution < -0.4 is 9.80 Å². The van der Waals surface area contributed by atoms with Gasteiger partial charge in [-0.05, 0) is 31.2 Å². The van der Waals surface area contributed by atoms with Gasteiger partial charge in [0.1, 0.15) is 0 Å². The molecule has 2 heterocycles. The highest BCUT2D eigenvalue weighted by Gasteiger charge is 2.54. The molecule has 2 aliphatic heterocycles. The van der Waals surface area contributed by atoms with E-state index in [-0.39, 0.29) is 29.6 Å². The van der Waals surface area contributed by atoms with Gasteiger partial charge in [0.15, 0.2) is 9.84 Å². The summed E-state index contributed by atoms with van der Waals surface area (Å²) in [6, 6.07) is 16.1. The van der Waals surface area contributed by atoms with Gasteiger partial charge in [-0.15, -0.1) is 0 Å². The van der Waals surface area contributed by atoms with Crippen LogP contribution in [0.4, 0.5) is 16.2 Å². The van der Waals surface area contributed by atoms with Gasteiger partial charge in [0.05, 0.1) is 23.6 Å². The monoisotopic (exact) mass is 342 g/mol. The van der Waals surface area contributed by atoms with Crippen molar-refractivity contribution in [3.05, 3.63) is 60.2 Å². The summed E-state index contributed by atoms with van der Waals surface area (Å²) in [5.74, 6) is 0.0290. The predicted octanol–water partition coefficient (Wildman–Crippen LogP) is 2.61. The van der Waals surface area contributed by atoms with Crippen LogP contribution in [0.3, 0.4) is 0 Å². The average molecular weight is 342 g/mol. The fraction of sp³-hybridized carbons (Fsp3) is 0.278. The number of amides is 2. The van der Waals surface area contributed by atoms with Gasteiger partial charge in [0.2, 0.25) is 0 Å². The molecule has 5 nitrogen and oxygen atoms in total. The van der Waals surface area contributed by atoms with Gasteiger partial charge in [0, 0.05) is 11.4 Å². The lowest BCUT2D eigenvalue weighted by atomic mass is 10.1. The molecule has 0 aliphatic carbocycles. The van der Waals surface area contributed by atoms with E-state index in [4.69, 9.17) is 0 Å². The summed E-state index contributed by atoms with van der Waals surface area (Å²) < 4.78 is 24.4. The number of rotatable bonds is 2. The second-order valence-corrected chi connectivity index (χ2v) is 8.56. The zero-order valence-electron chi connectivity index (χ0n) is 13.3. The molecule has 2 saturated heterocycles. The van der Waals surface area contributed by atoms with Crippen molar-refractivity contribution in [1.82, 2.24) is 0 Å². The number of fused-ring (bicyclic) bond motifs is 1. The molecule has 2 amide bonds. The summed E-state index contributed by atoms with van der Waals surface area (Å²) in [4.78, 5) is 16.3. The Bertz CT molecular complexity index is 878. The van der Waals surface area contributed by atoms with Crippen LogP contribution in [0.1, 0.15) is 5.56 Å². The highest BCUT2D eigenvalue weighted by Crippen LogP contribution is 2.37. The first-order chi connectivity index (χ1) is 11.5. The quantitative estimate of drug-likeness (QED) is 0.788. The molecule has 124 valence electrons. The number of hydrogen-bond acceptors (Lipinski definition) is 3. The van der Waals surface area contributed by atoms with Crippen LogP contribution in [0.2, 0.25) is 0 Å². The number of hydrogen-bond donors (Lipinski definition) is 0. The average Bonchev–Trinajstić information content (AvgIpc) is 2.98. The van der Waals surface area contributed by atoms with Crippen LogP contribution in [0.15, 0.2) is 54.6 Å². The molecule has 6 heteroatoms. The maximum absolute atomic E-state index is 13.1. The summed E-state index contributed by atoms with van der Waals surface area (Å²) in [6.45, 7) is 1.98. The number of carbonyl (C=O) groups excluding carboxylic acids is 1. The van der Waals surface area contributed by atoms with Gasteiger partial charge < -0.3 is 0 Å². The van der Waals surface area contributed by atoms with Crippen LogP contribution in [0.25, 0.3) is 0 Å². The van der Waals surface area contributed by atoms with Crippen molar-refractivity contribution in [3.63, 3.8) is 0 Å². The molecule has 0 radical (unpaired) electrons. The van der Waals surface area contributed by atoms with E-state index in [1.807, 2.05) is 61.5 Å². The molecule has 0 unspecified atom stereocenters. The second kappa shape index (κ2) is 5.34. The van der Waals surface area contributed by atoms with Crippen LogP contribution in [0.5, 0.6) is 0 Å². The van der Waals surface area contributed by atoms with Crippen molar-refractivity contribution in [2.45, 2.75) is 19.0 Å². The summed E-state index contributed by atoms with van der Waals surface area (Å²) in [5.41, 5.74) is 2.58. The van der Waals surface area contributed by atoms with Gasteiger partial charge in [0.25, 0.3) is 0 Å². The Kier molecular flexibility index (Phi) is 3.38. The largest absolute Gasteiger partial charge is 0.329 e. The third-order valence-electron chi connectivity index (χ3n) is 4.72. The van der Waals surface area contributed by atoms with Gasteiger partial charge in [-0.1, -0.05) is 35.9 Å². The van der Waals surface area contributed by atoms with E-state index < -0.39 is 9.84 Å². The summed E-state index contributed by atoms with van der Waals surface area (Å²) in [5, 5.41) is 0. The van der Waals surface area contributed by atoms with Crippen LogP contribution >= 0.6 is 0 Å². The van der Waals surface area contributed by atoms with Gasteiger partial charge >= 0.3 is 6.03 Å². The maximum Gasteiger partial charge on any atom is 0.329 e. The fourth-order valence-corrected chi connectivity index (χ4v) is 5.52. The topological polar surface area (TPSA) is 57.7 Å². The van der Waals surface area contributed by atoms with Crippen molar-refractivity contribution in [2.24, 2.45) is 0 Å². The minimum atomic E-state index is -3.15. The Labute approximate surface area is 141 Å². The van der Waals surface area contributed by atoms with Crippen LogP contribution in [-0.2, 0) is 9.84 Å². The molecular formula is C18H18N2O3S. The number of anilines is 2. The minimum Gasteiger partial charge on any atom is -0.288 e. The van der Waals surface area contributed by atoms with Gasteiger partial charge in [-0.2, -0.15) is 0 Å². The van der Waals surface area contributed by atoms with E-state index in [0.29, 0.717) is 0 Å². The molecule has 4 rings (SSSR count). The zero-order valence-corrected chi connectivity index (χ0v) is 14.1. The van der Waals surface area contributed by atoms with E-state index in [1.165, 1.54) is 0 Å². The molecule has 0 spiro atoms. The Morgan fingerprint density at radius 2 is 1.33 bits per heavy atom.